The van der Waals surface area contributed by atoms with E-state index >= 15 is 0 Å². The number of rotatable bonds is 6. The molecule has 1 amide bonds. The highest BCUT2D eigenvalue weighted by Gasteiger charge is 2.23. The van der Waals surface area contributed by atoms with E-state index in [2.05, 4.69) is 14.1 Å². The van der Waals surface area contributed by atoms with Gasteiger partial charge in [0.05, 0.1) is 42.4 Å². The Morgan fingerprint density at radius 3 is 2.74 bits per heavy atom. The first-order chi connectivity index (χ1) is 12.9. The molecule has 0 saturated carbocycles. The van der Waals surface area contributed by atoms with Crippen LogP contribution in [0.3, 0.4) is 0 Å². The minimum Gasteiger partial charge on any atom is -0.338 e. The smallest absolute Gasteiger partial charge is 0.260 e. The van der Waals surface area contributed by atoms with E-state index in [0.717, 1.165) is 27.2 Å². The molecule has 4 nitrogen and oxygen atoms in total. The number of halogens is 1. The number of thiazole rings is 1. The van der Waals surface area contributed by atoms with E-state index in [-0.39, 0.29) is 5.91 Å². The van der Waals surface area contributed by atoms with Crippen LogP contribution < -0.4 is 9.80 Å². The van der Waals surface area contributed by atoms with Crippen molar-refractivity contribution in [2.75, 3.05) is 38.3 Å². The lowest BCUT2D eigenvalue weighted by atomic mass is 10.2. The SMILES string of the molecule is CSc1cccc(C(=O)N(CC[NH+](C)C)c2nc3c(C)ccc(Cl)c3s2)c1. The number of carbonyl (C=O) groups excluding carboxylic acids is 1. The average Bonchev–Trinajstić information content (AvgIpc) is 3.11. The van der Waals surface area contributed by atoms with Crippen LogP contribution in [0.4, 0.5) is 5.13 Å². The van der Waals surface area contributed by atoms with Gasteiger partial charge in [0.1, 0.15) is 0 Å². The topological polar surface area (TPSA) is 37.6 Å². The molecule has 0 aliphatic heterocycles. The Bertz CT molecular complexity index is 932. The Hall–Kier alpha value is -1.60. The van der Waals surface area contributed by atoms with Gasteiger partial charge in [0, 0.05) is 10.5 Å². The van der Waals surface area contributed by atoms with Crippen LogP contribution in [0.25, 0.3) is 10.2 Å². The fourth-order valence-electron chi connectivity index (χ4n) is 2.74. The van der Waals surface area contributed by atoms with Crippen molar-refractivity contribution in [2.45, 2.75) is 11.8 Å². The van der Waals surface area contributed by atoms with E-state index in [9.17, 15) is 4.79 Å². The molecule has 27 heavy (non-hydrogen) atoms. The molecule has 3 rings (SSSR count). The van der Waals surface area contributed by atoms with Crippen LogP contribution in [0.2, 0.25) is 5.02 Å². The number of amides is 1. The molecule has 3 aromatic rings. The summed E-state index contributed by atoms with van der Waals surface area (Å²) >= 11 is 9.48. The third-order valence-electron chi connectivity index (χ3n) is 4.31. The molecule has 2 aromatic carbocycles. The number of anilines is 1. The van der Waals surface area contributed by atoms with Gasteiger partial charge in [-0.15, -0.1) is 11.8 Å². The summed E-state index contributed by atoms with van der Waals surface area (Å²) in [5, 5.41) is 1.37. The van der Waals surface area contributed by atoms with E-state index < -0.39 is 0 Å². The zero-order valence-corrected chi connectivity index (χ0v) is 18.3. The predicted molar refractivity (Wildman–Crippen MR) is 117 cm³/mol. The first kappa shape index (κ1) is 20.1. The molecule has 1 aromatic heterocycles. The average molecular weight is 421 g/mol. The Balaban J connectivity index is 2.04. The number of carbonyl (C=O) groups is 1. The van der Waals surface area contributed by atoms with Crippen LogP contribution in [0, 0.1) is 6.92 Å². The van der Waals surface area contributed by atoms with Gasteiger partial charge < -0.3 is 4.90 Å². The summed E-state index contributed by atoms with van der Waals surface area (Å²) < 4.78 is 0.930. The number of aromatic nitrogens is 1. The lowest BCUT2D eigenvalue weighted by molar-refractivity contribution is -0.856. The summed E-state index contributed by atoms with van der Waals surface area (Å²) in [6.07, 6.45) is 2.01. The highest BCUT2D eigenvalue weighted by molar-refractivity contribution is 7.98. The number of aryl methyl sites for hydroxylation is 1. The maximum absolute atomic E-state index is 13.3. The molecule has 0 unspecified atom stereocenters. The molecule has 0 aliphatic rings. The Kier molecular flexibility index (Phi) is 6.42. The van der Waals surface area contributed by atoms with Gasteiger partial charge in [-0.1, -0.05) is 35.1 Å². The summed E-state index contributed by atoms with van der Waals surface area (Å²) in [6.45, 7) is 3.44. The van der Waals surface area contributed by atoms with E-state index in [1.54, 1.807) is 16.7 Å². The highest BCUT2D eigenvalue weighted by Crippen LogP contribution is 2.36. The second-order valence-electron chi connectivity index (χ2n) is 6.68. The number of likely N-dealkylation sites (N-methyl/N-ethyl adjacent to an activating group) is 1. The van der Waals surface area contributed by atoms with Crippen molar-refractivity contribution in [2.24, 2.45) is 0 Å². The number of hydrogen-bond acceptors (Lipinski definition) is 4. The van der Waals surface area contributed by atoms with E-state index in [1.807, 2.05) is 49.6 Å². The van der Waals surface area contributed by atoms with Gasteiger partial charge >= 0.3 is 0 Å². The Morgan fingerprint density at radius 1 is 1.30 bits per heavy atom. The molecule has 7 heteroatoms. The summed E-state index contributed by atoms with van der Waals surface area (Å²) in [7, 11) is 4.16. The lowest BCUT2D eigenvalue weighted by Gasteiger charge is -2.21. The van der Waals surface area contributed by atoms with E-state index in [4.69, 9.17) is 16.6 Å². The molecule has 1 N–H and O–H groups in total. The highest BCUT2D eigenvalue weighted by atomic mass is 35.5. The van der Waals surface area contributed by atoms with Gasteiger partial charge in [-0.3, -0.25) is 9.69 Å². The predicted octanol–water partition coefficient (Wildman–Crippen LogP) is 3.77. The van der Waals surface area contributed by atoms with Gasteiger partial charge in [0.2, 0.25) is 0 Å². The summed E-state index contributed by atoms with van der Waals surface area (Å²) in [4.78, 5) is 22.2. The molecule has 1 heterocycles. The Morgan fingerprint density at radius 2 is 2.07 bits per heavy atom. The number of thioether (sulfide) groups is 1. The van der Waals surface area contributed by atoms with E-state index in [1.165, 1.54) is 16.2 Å². The fourth-order valence-corrected chi connectivity index (χ4v) is 4.54. The van der Waals surface area contributed by atoms with Crippen molar-refractivity contribution in [1.82, 2.24) is 4.98 Å². The molecule has 0 aliphatic carbocycles. The molecular formula is C20H23ClN3OS2+. The molecular weight excluding hydrogens is 398 g/mol. The minimum absolute atomic E-state index is 0.0278. The molecule has 0 fully saturated rings. The van der Waals surface area contributed by atoms with Gasteiger partial charge in [-0.05, 0) is 43.0 Å². The van der Waals surface area contributed by atoms with Crippen LogP contribution in [0.1, 0.15) is 15.9 Å². The third kappa shape index (κ3) is 4.46. The zero-order valence-electron chi connectivity index (χ0n) is 15.9. The molecule has 0 radical (unpaired) electrons. The molecule has 142 valence electrons. The summed E-state index contributed by atoms with van der Waals surface area (Å²) in [6, 6.07) is 11.6. The Labute approximate surface area is 173 Å². The van der Waals surface area contributed by atoms with Crippen LogP contribution in [0.15, 0.2) is 41.3 Å². The summed E-state index contributed by atoms with van der Waals surface area (Å²) in [5.41, 5.74) is 2.61. The van der Waals surface area contributed by atoms with Gasteiger partial charge in [0.25, 0.3) is 5.91 Å². The second-order valence-corrected chi connectivity index (χ2v) is 8.95. The molecule has 0 saturated heterocycles. The van der Waals surface area contributed by atoms with Crippen LogP contribution in [-0.4, -0.2) is 44.3 Å². The first-order valence-corrected chi connectivity index (χ1v) is 11.1. The number of benzene rings is 2. The zero-order chi connectivity index (χ0) is 19.6. The maximum Gasteiger partial charge on any atom is 0.260 e. The molecule has 0 spiro atoms. The number of nitrogens with one attached hydrogen (secondary N) is 1. The third-order valence-corrected chi connectivity index (χ3v) is 6.58. The van der Waals surface area contributed by atoms with Crippen molar-refractivity contribution in [3.8, 4) is 0 Å². The second kappa shape index (κ2) is 8.61. The van der Waals surface area contributed by atoms with Crippen LogP contribution in [0.5, 0.6) is 0 Å². The molecule has 0 atom stereocenters. The van der Waals surface area contributed by atoms with E-state index in [0.29, 0.717) is 22.3 Å². The fraction of sp³-hybridized carbons (Fsp3) is 0.300. The van der Waals surface area contributed by atoms with Crippen molar-refractivity contribution in [3.05, 3.63) is 52.5 Å². The van der Waals surface area contributed by atoms with Crippen molar-refractivity contribution in [3.63, 3.8) is 0 Å². The summed E-state index contributed by atoms with van der Waals surface area (Å²) in [5.74, 6) is -0.0278. The number of quaternary nitrogens is 1. The van der Waals surface area contributed by atoms with Crippen molar-refractivity contribution < 1.29 is 9.69 Å². The van der Waals surface area contributed by atoms with Gasteiger partial charge in [0.15, 0.2) is 5.13 Å². The number of nitrogens with zero attached hydrogens (tertiary/aromatic N) is 2. The monoisotopic (exact) mass is 420 g/mol. The maximum atomic E-state index is 13.3. The lowest BCUT2D eigenvalue weighted by Crippen LogP contribution is -3.06. The van der Waals surface area contributed by atoms with Crippen LogP contribution in [-0.2, 0) is 0 Å². The minimum atomic E-state index is -0.0278. The number of hydrogen-bond donors (Lipinski definition) is 1. The standard InChI is InChI=1S/C20H22ClN3OS2/c1-13-8-9-16(21)18-17(13)22-20(27-18)24(11-10-23(2)3)19(25)14-6-5-7-15(12-14)26-4/h5-9,12H,10-11H2,1-4H3/p+1. The number of fused-ring (bicyclic) bond motifs is 1. The van der Waals surface area contributed by atoms with Gasteiger partial charge in [-0.25, -0.2) is 4.98 Å². The van der Waals surface area contributed by atoms with Gasteiger partial charge in [-0.2, -0.15) is 0 Å². The molecule has 0 bridgehead atoms. The first-order valence-electron chi connectivity index (χ1n) is 8.71. The van der Waals surface area contributed by atoms with Crippen molar-refractivity contribution >= 4 is 56.0 Å². The van der Waals surface area contributed by atoms with Crippen molar-refractivity contribution in [1.29, 1.82) is 0 Å². The van der Waals surface area contributed by atoms with Crippen LogP contribution >= 0.6 is 34.7 Å². The quantitative estimate of drug-likeness (QED) is 0.617. The normalized spacial score (nSPS) is 11.3. The largest absolute Gasteiger partial charge is 0.338 e.